The van der Waals surface area contributed by atoms with Crippen LogP contribution in [0.15, 0.2) is 70.2 Å². The Balaban J connectivity index is 1.33. The predicted octanol–water partition coefficient (Wildman–Crippen LogP) is 5.82. The zero-order chi connectivity index (χ0) is 29.0. The van der Waals surface area contributed by atoms with Gasteiger partial charge in [0, 0.05) is 37.2 Å². The molecule has 3 aromatic carbocycles. The molecule has 0 amide bonds. The molecule has 11 heteroatoms. The lowest BCUT2D eigenvalue weighted by atomic mass is 9.86. The predicted molar refractivity (Wildman–Crippen MR) is 157 cm³/mol. The number of aryl methyl sites for hydroxylation is 1. The van der Waals surface area contributed by atoms with Gasteiger partial charge in [-0.2, -0.15) is 4.31 Å². The van der Waals surface area contributed by atoms with Gasteiger partial charge in [0.15, 0.2) is 11.0 Å². The molecule has 0 unspecified atom stereocenters. The van der Waals surface area contributed by atoms with Gasteiger partial charge < -0.3 is 9.47 Å². The van der Waals surface area contributed by atoms with Gasteiger partial charge in [0.1, 0.15) is 10.6 Å². The van der Waals surface area contributed by atoms with Crippen molar-refractivity contribution in [1.29, 1.82) is 0 Å². The second kappa shape index (κ2) is 10.5. The summed E-state index contributed by atoms with van der Waals surface area (Å²) in [6.07, 6.45) is 0.941. The van der Waals surface area contributed by atoms with Gasteiger partial charge in [-0.15, -0.1) is 0 Å². The molecule has 214 valence electrons. The number of aromatic nitrogens is 3. The molecule has 0 bridgehead atoms. The molecule has 4 heterocycles. The number of hydrogen-bond acceptors (Lipinski definition) is 8. The molecule has 5 aromatic rings. The summed E-state index contributed by atoms with van der Waals surface area (Å²) in [4.78, 5) is 5.22. The van der Waals surface area contributed by atoms with Crippen LogP contribution in [0.3, 0.4) is 0 Å². The molecule has 1 atom stereocenters. The second-order valence-corrected chi connectivity index (χ2v) is 12.8. The number of ether oxygens (including phenoxy) is 2. The van der Waals surface area contributed by atoms with Crippen molar-refractivity contribution in [3.05, 3.63) is 99.2 Å². The lowest BCUT2D eigenvalue weighted by molar-refractivity contribution is 0.0265. The minimum absolute atomic E-state index is 0.0132. The minimum Gasteiger partial charge on any atom is -0.497 e. The van der Waals surface area contributed by atoms with Crippen molar-refractivity contribution < 1.29 is 22.5 Å². The van der Waals surface area contributed by atoms with E-state index in [2.05, 4.69) is 29.4 Å². The number of nitrogens with zero attached hydrogens (tertiary/aromatic N) is 4. The number of methoxy groups -OCH3 is 1. The highest BCUT2D eigenvalue weighted by molar-refractivity contribution is 7.89. The largest absolute Gasteiger partial charge is 0.497 e. The van der Waals surface area contributed by atoms with Crippen LogP contribution in [-0.2, 0) is 40.8 Å². The highest BCUT2D eigenvalue weighted by Crippen LogP contribution is 2.41. The molecule has 42 heavy (non-hydrogen) atoms. The number of pyridine rings is 1. The standard InChI is InChI=1S/C31H27ClN4O5S/c1-18-14-20(39-2)8-9-21(18)29-22-15-27(19-6-4-3-5-7-19)40-17-24(22)23-16-36(13-12-26(23)33-29)42(37,38)28-11-10-25(32)30-31(28)35-41-34-30/h3-11,14,27H,12-13,15-17H2,1-2H3/t27-/m1/s1. The van der Waals surface area contributed by atoms with Gasteiger partial charge in [-0.1, -0.05) is 41.9 Å². The van der Waals surface area contributed by atoms with E-state index in [9.17, 15) is 8.42 Å². The molecule has 0 saturated carbocycles. The molecule has 2 aliphatic heterocycles. The fraction of sp³-hybridized carbons (Fsp3) is 0.258. The summed E-state index contributed by atoms with van der Waals surface area (Å²) in [7, 11) is -2.29. The van der Waals surface area contributed by atoms with Gasteiger partial charge in [-0.25, -0.2) is 13.0 Å². The van der Waals surface area contributed by atoms with E-state index in [1.807, 2.05) is 36.4 Å². The Kier molecular flexibility index (Phi) is 6.73. The molecule has 2 aromatic heterocycles. The molecule has 0 aliphatic carbocycles. The number of benzene rings is 3. The number of rotatable bonds is 5. The monoisotopic (exact) mass is 602 g/mol. The van der Waals surface area contributed by atoms with E-state index in [0.717, 1.165) is 50.5 Å². The number of hydrogen-bond donors (Lipinski definition) is 0. The SMILES string of the molecule is COc1ccc(-c2nc3c(c4c2C[C@H](c2ccccc2)OC4)CN(S(=O)(=O)c2ccc(Cl)c4nonc24)CC3)c(C)c1. The Morgan fingerprint density at radius 2 is 1.81 bits per heavy atom. The van der Waals surface area contributed by atoms with Crippen molar-refractivity contribution in [3.8, 4) is 17.0 Å². The van der Waals surface area contributed by atoms with Crippen molar-refractivity contribution in [2.24, 2.45) is 0 Å². The Labute approximate surface area is 248 Å². The summed E-state index contributed by atoms with van der Waals surface area (Å²) in [5.74, 6) is 0.785. The van der Waals surface area contributed by atoms with Gasteiger partial charge in [0.25, 0.3) is 0 Å². The van der Waals surface area contributed by atoms with Crippen molar-refractivity contribution in [1.82, 2.24) is 19.6 Å². The first-order chi connectivity index (χ1) is 20.3. The van der Waals surface area contributed by atoms with Crippen molar-refractivity contribution in [3.63, 3.8) is 0 Å². The fourth-order valence-electron chi connectivity index (χ4n) is 5.97. The van der Waals surface area contributed by atoms with Gasteiger partial charge in [0.05, 0.1) is 30.5 Å². The third-order valence-corrected chi connectivity index (χ3v) is 10.3. The van der Waals surface area contributed by atoms with Crippen LogP contribution >= 0.6 is 11.6 Å². The number of fused-ring (bicyclic) bond motifs is 4. The van der Waals surface area contributed by atoms with Crippen LogP contribution in [0.1, 0.15) is 39.6 Å². The lowest BCUT2D eigenvalue weighted by Crippen LogP contribution is -2.38. The summed E-state index contributed by atoms with van der Waals surface area (Å²) in [6, 6.07) is 19.1. The maximum absolute atomic E-state index is 13.9. The van der Waals surface area contributed by atoms with E-state index in [1.165, 1.54) is 16.4 Å². The van der Waals surface area contributed by atoms with Crippen LogP contribution in [0, 0.1) is 6.92 Å². The van der Waals surface area contributed by atoms with E-state index in [0.29, 0.717) is 19.4 Å². The summed E-state index contributed by atoms with van der Waals surface area (Å²) in [6.45, 7) is 2.85. The Hall–Kier alpha value is -3.83. The van der Waals surface area contributed by atoms with E-state index >= 15 is 0 Å². The summed E-state index contributed by atoms with van der Waals surface area (Å²) < 4.78 is 46.0. The van der Waals surface area contributed by atoms with Crippen LogP contribution in [0.25, 0.3) is 22.3 Å². The zero-order valence-corrected chi connectivity index (χ0v) is 24.6. The third-order valence-electron chi connectivity index (χ3n) is 8.17. The molecular formula is C31H27ClN4O5S. The van der Waals surface area contributed by atoms with E-state index in [1.54, 1.807) is 7.11 Å². The number of halogens is 1. The van der Waals surface area contributed by atoms with Crippen LogP contribution in [-0.4, -0.2) is 41.7 Å². The highest BCUT2D eigenvalue weighted by atomic mass is 35.5. The second-order valence-electron chi connectivity index (χ2n) is 10.5. The van der Waals surface area contributed by atoms with Crippen LogP contribution < -0.4 is 4.74 Å². The Morgan fingerprint density at radius 3 is 2.60 bits per heavy atom. The first kappa shape index (κ1) is 27.0. The molecule has 7 rings (SSSR count). The zero-order valence-electron chi connectivity index (χ0n) is 23.0. The third kappa shape index (κ3) is 4.46. The molecule has 0 radical (unpaired) electrons. The first-order valence-electron chi connectivity index (χ1n) is 13.6. The van der Waals surface area contributed by atoms with Crippen molar-refractivity contribution >= 4 is 32.7 Å². The number of sulfonamides is 1. The maximum Gasteiger partial charge on any atom is 0.245 e. The van der Waals surface area contributed by atoms with E-state index < -0.39 is 10.0 Å². The fourth-order valence-corrected chi connectivity index (χ4v) is 7.68. The van der Waals surface area contributed by atoms with Gasteiger partial charge in [0.2, 0.25) is 10.0 Å². The molecule has 0 saturated heterocycles. The van der Waals surface area contributed by atoms with Gasteiger partial charge in [-0.05, 0) is 75.4 Å². The summed E-state index contributed by atoms with van der Waals surface area (Å²) in [5, 5.41) is 7.90. The van der Waals surface area contributed by atoms with E-state index in [4.69, 9.17) is 30.7 Å². The van der Waals surface area contributed by atoms with Crippen LogP contribution in [0.4, 0.5) is 0 Å². The van der Waals surface area contributed by atoms with Gasteiger partial charge in [-0.3, -0.25) is 4.98 Å². The molecule has 0 fully saturated rings. The minimum atomic E-state index is -3.95. The quantitative estimate of drug-likeness (QED) is 0.248. The smallest absolute Gasteiger partial charge is 0.245 e. The molecular weight excluding hydrogens is 576 g/mol. The lowest BCUT2D eigenvalue weighted by Gasteiger charge is -2.34. The topological polar surface area (TPSA) is 108 Å². The average Bonchev–Trinajstić information content (AvgIpc) is 3.51. The maximum atomic E-state index is 13.9. The summed E-state index contributed by atoms with van der Waals surface area (Å²) >= 11 is 6.20. The van der Waals surface area contributed by atoms with E-state index in [-0.39, 0.29) is 40.1 Å². The molecule has 0 spiro atoms. The van der Waals surface area contributed by atoms with Gasteiger partial charge >= 0.3 is 0 Å². The molecule has 0 N–H and O–H groups in total. The summed E-state index contributed by atoms with van der Waals surface area (Å²) in [5.41, 5.74) is 8.29. The Morgan fingerprint density at radius 1 is 1.00 bits per heavy atom. The normalized spacial score (nSPS) is 17.2. The highest BCUT2D eigenvalue weighted by Gasteiger charge is 2.36. The van der Waals surface area contributed by atoms with Crippen molar-refractivity contribution in [2.45, 2.75) is 43.9 Å². The first-order valence-corrected chi connectivity index (χ1v) is 15.4. The van der Waals surface area contributed by atoms with Crippen LogP contribution in [0.2, 0.25) is 5.02 Å². The molecule has 2 aliphatic rings. The Bertz CT molecular complexity index is 1940. The molecule has 9 nitrogen and oxygen atoms in total. The van der Waals surface area contributed by atoms with Crippen LogP contribution in [0.5, 0.6) is 5.75 Å². The average molecular weight is 603 g/mol. The van der Waals surface area contributed by atoms with Crippen molar-refractivity contribution in [2.75, 3.05) is 13.7 Å².